The van der Waals surface area contributed by atoms with Crippen LogP contribution in [0.2, 0.25) is 15.1 Å². The molecule has 0 saturated heterocycles. The summed E-state index contributed by atoms with van der Waals surface area (Å²) in [6.07, 6.45) is 0. The number of carbonyl (C=O) groups is 1. The van der Waals surface area contributed by atoms with Crippen molar-refractivity contribution in [3.05, 3.63) is 141 Å². The van der Waals surface area contributed by atoms with Gasteiger partial charge in [0.15, 0.2) is 5.78 Å². The van der Waals surface area contributed by atoms with Gasteiger partial charge in [-0.1, -0.05) is 101 Å². The van der Waals surface area contributed by atoms with Gasteiger partial charge in [-0.3, -0.25) is 4.79 Å². The Labute approximate surface area is 239 Å². The third-order valence-electron chi connectivity index (χ3n) is 5.61. The lowest BCUT2D eigenvalue weighted by molar-refractivity contribution is 0.103. The zero-order valence-corrected chi connectivity index (χ0v) is 23.2. The summed E-state index contributed by atoms with van der Waals surface area (Å²) in [4.78, 5) is 16.9. The number of ketones is 1. The Hall–Kier alpha value is -2.66. The van der Waals surface area contributed by atoms with Gasteiger partial charge < -0.3 is 0 Å². The highest BCUT2D eigenvalue weighted by Gasteiger charge is 2.13. The van der Waals surface area contributed by atoms with Gasteiger partial charge in [0.2, 0.25) is 0 Å². The van der Waals surface area contributed by atoms with Crippen LogP contribution in [-0.4, -0.2) is 5.78 Å². The molecule has 6 heteroatoms. The second-order valence-corrected chi connectivity index (χ2v) is 11.7. The second kappa shape index (κ2) is 11.8. The summed E-state index contributed by atoms with van der Waals surface area (Å²) in [7, 11) is 0. The van der Waals surface area contributed by atoms with Crippen LogP contribution in [0, 0.1) is 0 Å². The highest BCUT2D eigenvalue weighted by Crippen LogP contribution is 2.40. The van der Waals surface area contributed by atoms with E-state index in [0.717, 1.165) is 30.7 Å². The van der Waals surface area contributed by atoms with Crippen LogP contribution in [-0.2, 0) is 0 Å². The molecule has 0 N–H and O–H groups in total. The smallest absolute Gasteiger partial charge is 0.193 e. The maximum atomic E-state index is 12.7. The van der Waals surface area contributed by atoms with E-state index < -0.39 is 0 Å². The summed E-state index contributed by atoms with van der Waals surface area (Å²) in [6.45, 7) is 0. The van der Waals surface area contributed by atoms with E-state index in [2.05, 4.69) is 24.3 Å². The predicted molar refractivity (Wildman–Crippen MR) is 158 cm³/mol. The molecule has 0 bridgehead atoms. The first-order valence-corrected chi connectivity index (χ1v) is 14.1. The lowest BCUT2D eigenvalue weighted by Gasteiger charge is -2.12. The van der Waals surface area contributed by atoms with Gasteiger partial charge in [-0.05, 0) is 83.9 Å². The maximum Gasteiger partial charge on any atom is 0.193 e. The van der Waals surface area contributed by atoms with Crippen molar-refractivity contribution in [3.8, 4) is 11.1 Å². The monoisotopic (exact) mass is 576 g/mol. The Morgan fingerprint density at radius 3 is 1.81 bits per heavy atom. The molecule has 5 aromatic carbocycles. The van der Waals surface area contributed by atoms with Crippen molar-refractivity contribution in [3.63, 3.8) is 0 Å². The Balaban J connectivity index is 1.35. The van der Waals surface area contributed by atoms with Crippen molar-refractivity contribution in [1.29, 1.82) is 0 Å². The van der Waals surface area contributed by atoms with Gasteiger partial charge in [0.1, 0.15) is 0 Å². The van der Waals surface area contributed by atoms with Gasteiger partial charge in [0, 0.05) is 40.8 Å². The zero-order valence-electron chi connectivity index (χ0n) is 19.3. The Bertz CT molecular complexity index is 1550. The first kappa shape index (κ1) is 26.0. The zero-order chi connectivity index (χ0) is 25.8. The second-order valence-electron chi connectivity index (χ2n) is 8.16. The Kier molecular flexibility index (Phi) is 8.29. The Morgan fingerprint density at radius 1 is 0.541 bits per heavy atom. The third kappa shape index (κ3) is 6.43. The highest BCUT2D eigenvalue weighted by molar-refractivity contribution is 7.99. The molecule has 0 spiro atoms. The standard InChI is InChI=1S/C31H19Cl3OS2/c32-23-9-14-26(15-10-23)36-29-17-11-24(33)19-27(29)20-6-12-25(13-7-20)37-30-16-8-22(18-28(30)34)31(35)21-4-2-1-3-5-21/h1-19H. The van der Waals surface area contributed by atoms with Crippen molar-refractivity contribution in [1.82, 2.24) is 0 Å². The predicted octanol–water partition coefficient (Wildman–Crippen LogP) is 10.8. The van der Waals surface area contributed by atoms with Crippen LogP contribution < -0.4 is 0 Å². The molecule has 0 atom stereocenters. The summed E-state index contributed by atoms with van der Waals surface area (Å²) < 4.78 is 0. The topological polar surface area (TPSA) is 17.1 Å². The van der Waals surface area contributed by atoms with E-state index in [9.17, 15) is 4.79 Å². The van der Waals surface area contributed by atoms with E-state index in [0.29, 0.717) is 26.2 Å². The van der Waals surface area contributed by atoms with Crippen molar-refractivity contribution in [2.24, 2.45) is 0 Å². The minimum absolute atomic E-state index is 0.0443. The molecule has 0 aliphatic rings. The van der Waals surface area contributed by atoms with Crippen LogP contribution in [0.3, 0.4) is 0 Å². The number of halogens is 3. The lowest BCUT2D eigenvalue weighted by atomic mass is 10.0. The molecule has 5 aromatic rings. The average molecular weight is 578 g/mol. The number of hydrogen-bond acceptors (Lipinski definition) is 3. The van der Waals surface area contributed by atoms with Gasteiger partial charge in [-0.2, -0.15) is 0 Å². The molecule has 5 rings (SSSR count). The minimum Gasteiger partial charge on any atom is -0.289 e. The molecular weight excluding hydrogens is 559 g/mol. The largest absolute Gasteiger partial charge is 0.289 e. The van der Waals surface area contributed by atoms with Crippen LogP contribution in [0.15, 0.2) is 135 Å². The van der Waals surface area contributed by atoms with E-state index in [-0.39, 0.29) is 5.78 Å². The molecule has 0 aromatic heterocycles. The fourth-order valence-electron chi connectivity index (χ4n) is 3.76. The molecule has 37 heavy (non-hydrogen) atoms. The quantitative estimate of drug-likeness (QED) is 0.179. The fraction of sp³-hybridized carbons (Fsp3) is 0. The van der Waals surface area contributed by atoms with E-state index >= 15 is 0 Å². The third-order valence-corrected chi connectivity index (χ3v) is 8.69. The maximum absolute atomic E-state index is 12.7. The summed E-state index contributed by atoms with van der Waals surface area (Å²) in [6, 6.07) is 36.7. The summed E-state index contributed by atoms with van der Waals surface area (Å²) in [5.74, 6) is -0.0443. The van der Waals surface area contributed by atoms with Crippen molar-refractivity contribution < 1.29 is 4.79 Å². The molecule has 182 valence electrons. The number of carbonyl (C=O) groups excluding carboxylic acids is 1. The average Bonchev–Trinajstić information content (AvgIpc) is 2.92. The van der Waals surface area contributed by atoms with Crippen molar-refractivity contribution >= 4 is 64.1 Å². The molecule has 0 saturated carbocycles. The molecule has 0 amide bonds. The highest BCUT2D eigenvalue weighted by atomic mass is 35.5. The molecule has 1 nitrogen and oxygen atoms in total. The van der Waals surface area contributed by atoms with Crippen molar-refractivity contribution in [2.45, 2.75) is 19.6 Å². The fourth-order valence-corrected chi connectivity index (χ4v) is 6.12. The summed E-state index contributed by atoms with van der Waals surface area (Å²) >= 11 is 22.2. The first-order chi connectivity index (χ1) is 18.0. The first-order valence-electron chi connectivity index (χ1n) is 11.4. The van der Waals surface area contributed by atoms with Crippen LogP contribution in [0.4, 0.5) is 0 Å². The van der Waals surface area contributed by atoms with E-state index in [1.165, 1.54) is 0 Å². The molecule has 0 radical (unpaired) electrons. The van der Waals surface area contributed by atoms with Gasteiger partial charge in [-0.25, -0.2) is 0 Å². The molecule has 0 aliphatic heterocycles. The summed E-state index contributed by atoms with van der Waals surface area (Å²) in [5, 5.41) is 1.95. The van der Waals surface area contributed by atoms with Crippen molar-refractivity contribution in [2.75, 3.05) is 0 Å². The van der Waals surface area contributed by atoms with Gasteiger partial charge in [-0.15, -0.1) is 0 Å². The van der Waals surface area contributed by atoms with Crippen LogP contribution in [0.5, 0.6) is 0 Å². The molecule has 0 unspecified atom stereocenters. The SMILES string of the molecule is O=C(c1ccccc1)c1ccc(Sc2ccc(-c3cc(Cl)ccc3Sc3ccc(Cl)cc3)cc2)c(Cl)c1. The summed E-state index contributed by atoms with van der Waals surface area (Å²) in [5.41, 5.74) is 3.34. The van der Waals surface area contributed by atoms with Crippen LogP contribution in [0.25, 0.3) is 11.1 Å². The molecular formula is C31H19Cl3OS2. The normalized spacial score (nSPS) is 10.9. The van der Waals surface area contributed by atoms with E-state index in [4.69, 9.17) is 34.8 Å². The molecule has 0 heterocycles. The Morgan fingerprint density at radius 2 is 1.14 bits per heavy atom. The van der Waals surface area contributed by atoms with E-state index in [1.807, 2.05) is 72.8 Å². The minimum atomic E-state index is -0.0443. The van der Waals surface area contributed by atoms with E-state index in [1.54, 1.807) is 41.7 Å². The van der Waals surface area contributed by atoms with Gasteiger partial charge in [0.05, 0.1) is 5.02 Å². The lowest BCUT2D eigenvalue weighted by Crippen LogP contribution is -2.00. The van der Waals surface area contributed by atoms with Gasteiger partial charge in [0.25, 0.3) is 0 Å². The van der Waals surface area contributed by atoms with Crippen LogP contribution >= 0.6 is 58.3 Å². The number of benzene rings is 5. The van der Waals surface area contributed by atoms with Gasteiger partial charge >= 0.3 is 0 Å². The number of rotatable bonds is 7. The molecule has 0 aliphatic carbocycles. The molecule has 0 fully saturated rings. The number of hydrogen-bond donors (Lipinski definition) is 0. The van der Waals surface area contributed by atoms with Crippen LogP contribution in [0.1, 0.15) is 15.9 Å².